The van der Waals surface area contributed by atoms with E-state index in [0.29, 0.717) is 0 Å². The minimum Gasteiger partial charge on any atom is -1.00 e. The van der Waals surface area contributed by atoms with Crippen LogP contribution >= 0.6 is 0 Å². The van der Waals surface area contributed by atoms with Gasteiger partial charge < -0.3 is 37.2 Å². The second kappa shape index (κ2) is 27.6. The fraction of sp³-hybridized carbons (Fsp3) is 0.126. The quantitative estimate of drug-likeness (QED) is 0.0797. The molecule has 1 aliphatic rings. The summed E-state index contributed by atoms with van der Waals surface area (Å²) in [5.41, 5.74) is 34.2. The van der Waals surface area contributed by atoms with E-state index in [-0.39, 0.29) is 37.2 Å². The fourth-order valence-corrected chi connectivity index (χ4v) is 24.7. The summed E-state index contributed by atoms with van der Waals surface area (Å²) in [5, 5.41) is 3.51. The van der Waals surface area contributed by atoms with Gasteiger partial charge in [0.1, 0.15) is 0 Å². The van der Waals surface area contributed by atoms with Crippen molar-refractivity contribution in [1.29, 1.82) is 0 Å². The smallest absolute Gasteiger partial charge is 1.00 e. The molecule has 5 heteroatoms. The van der Waals surface area contributed by atoms with Crippen LogP contribution in [-0.4, -0.2) is 8.07 Å². The van der Waals surface area contributed by atoms with Crippen LogP contribution in [0.4, 0.5) is 0 Å². The molecule has 92 heavy (non-hydrogen) atoms. The van der Waals surface area contributed by atoms with E-state index in [1.165, 1.54) is 170 Å². The second-order valence-corrected chi connectivity index (χ2v) is 29.5. The van der Waals surface area contributed by atoms with E-state index in [1.54, 1.807) is 0 Å². The van der Waals surface area contributed by atoms with Crippen LogP contribution in [0.15, 0.2) is 294 Å². The molecule has 0 aromatic heterocycles. The molecular weight excluding hydrogens is 1230 g/mol. The van der Waals surface area contributed by atoms with Gasteiger partial charge in [-0.3, -0.25) is 0 Å². The van der Waals surface area contributed by atoms with E-state index >= 15 is 0 Å². The largest absolute Gasteiger partial charge is 1.00 e. The van der Waals surface area contributed by atoms with Crippen molar-refractivity contribution >= 4 is 23.6 Å². The molecular formula is C87H75Cl3SiTi. The zero-order valence-electron chi connectivity index (χ0n) is 54.1. The predicted octanol–water partition coefficient (Wildman–Crippen LogP) is 13.0. The third-order valence-corrected chi connectivity index (χ3v) is 28.0. The monoisotopic (exact) mass is 1300 g/mol. The van der Waals surface area contributed by atoms with Gasteiger partial charge in [-0.05, 0) is 0 Å². The van der Waals surface area contributed by atoms with Crippen LogP contribution in [0.1, 0.15) is 61.1 Å². The van der Waals surface area contributed by atoms with Crippen LogP contribution in [0, 0.1) is 41.5 Å². The number of hydrogen-bond acceptors (Lipinski definition) is 0. The van der Waals surface area contributed by atoms with E-state index in [4.69, 9.17) is 0 Å². The molecule has 0 saturated heterocycles. The van der Waals surface area contributed by atoms with Crippen molar-refractivity contribution in [2.24, 2.45) is 0 Å². The summed E-state index contributed by atoms with van der Waals surface area (Å²) < 4.78 is 1.41. The van der Waals surface area contributed by atoms with Gasteiger partial charge in [0.15, 0.2) is 0 Å². The van der Waals surface area contributed by atoms with E-state index in [0.717, 1.165) is 0 Å². The van der Waals surface area contributed by atoms with Gasteiger partial charge in [0.25, 0.3) is 0 Å². The summed E-state index contributed by atoms with van der Waals surface area (Å²) in [6, 6.07) is 104. The Morgan fingerprint density at radius 3 is 0.565 bits per heavy atom. The van der Waals surface area contributed by atoms with Crippen LogP contribution in [0.3, 0.4) is 0 Å². The zero-order chi connectivity index (χ0) is 61.7. The van der Waals surface area contributed by atoms with Crippen LogP contribution < -0.4 is 52.8 Å². The molecule has 0 fully saturated rings. The maximum atomic E-state index is 2.74. The Balaban J connectivity index is 0.00000309. The third kappa shape index (κ3) is 10.8. The Morgan fingerprint density at radius 1 is 0.228 bits per heavy atom. The Kier molecular flexibility index (Phi) is 20.1. The van der Waals surface area contributed by atoms with E-state index in [9.17, 15) is 0 Å². The third-order valence-electron chi connectivity index (χ3n) is 20.4. The molecule has 12 aromatic carbocycles. The number of allylic oxidation sites excluding steroid dienone is 4. The molecule has 0 radical (unpaired) electrons. The van der Waals surface area contributed by atoms with Crippen LogP contribution in [0.25, 0.3) is 100 Å². The molecule has 0 saturated carbocycles. The van der Waals surface area contributed by atoms with Gasteiger partial charge in [-0.2, -0.15) is 0 Å². The SMILES string of the molecule is CC1=C(C)C(C)([Si](c2c(-c3ccccc3)c(C)c(C)c(-c3ccccc3)c2-c2ccccc2)(c2c(-c3ccccc3)c(C)c(C)c(-c3ccccc3)c2-c2ccccc2)c2c(-c3ccccc3)c(C)c(C)c(-c3ccccc3)c2-c2ccccc2)[C]([Ti+3])=C1C.[Cl-].[Cl-].[Cl-]. The molecule has 452 valence electrons. The summed E-state index contributed by atoms with van der Waals surface area (Å²) in [4.78, 5) is 0. The van der Waals surface area contributed by atoms with Gasteiger partial charge in [0, 0.05) is 0 Å². The van der Waals surface area contributed by atoms with Crippen molar-refractivity contribution in [1.82, 2.24) is 0 Å². The molecule has 0 amide bonds. The van der Waals surface area contributed by atoms with Crippen LogP contribution in [0.5, 0.6) is 0 Å². The Bertz CT molecular complexity index is 4240. The molecule has 0 nitrogen and oxygen atoms in total. The predicted molar refractivity (Wildman–Crippen MR) is 381 cm³/mol. The standard InChI is InChI=1S/C87H75Si.3ClH.Ti/c1-57-56-87(10,65(9)58(57)2)88(84-78(69-44-26-14-27-45-69)62(6)59(3)75(66-38-20-11-21-39-66)81(84)72-50-32-17-33-51-72,85-79(70-46-28-15-29-47-70)63(7)60(4)76(67-40-22-12-23-41-67)82(85)73-52-34-18-35-53-73)86-80(71-48-30-16-31-49-71)64(8)61(5)77(68-42-24-13-25-43-68)83(86)74-54-36-19-37-55-74;;;;/h11-55H,1-10H3;3*1H;/q;;;;+3/p-3. The van der Waals surface area contributed by atoms with Crippen molar-refractivity contribution in [2.75, 3.05) is 0 Å². The first kappa shape index (κ1) is 66.8. The number of benzene rings is 12. The Morgan fingerprint density at radius 2 is 0.391 bits per heavy atom. The van der Waals surface area contributed by atoms with Crippen molar-refractivity contribution < 1.29 is 57.7 Å². The first-order valence-corrected chi connectivity index (χ1v) is 34.2. The topological polar surface area (TPSA) is 0 Å². The average molecular weight is 1300 g/mol. The number of hydrogen-bond donors (Lipinski definition) is 0. The molecule has 0 N–H and O–H groups in total. The van der Waals surface area contributed by atoms with Gasteiger partial charge in [-0.15, -0.1) is 0 Å². The molecule has 13 rings (SSSR count). The Hall–Kier alpha value is -8.08. The molecule has 1 atom stereocenters. The first-order chi connectivity index (χ1) is 43.3. The van der Waals surface area contributed by atoms with Crippen molar-refractivity contribution in [2.45, 2.75) is 74.3 Å². The second-order valence-electron chi connectivity index (χ2n) is 24.7. The maximum Gasteiger partial charge on any atom is -1.00 e. The van der Waals surface area contributed by atoms with Gasteiger partial charge in [-0.25, -0.2) is 0 Å². The molecule has 0 heterocycles. The summed E-state index contributed by atoms with van der Waals surface area (Å²) in [7, 11) is -4.46. The molecule has 0 aliphatic heterocycles. The van der Waals surface area contributed by atoms with Crippen molar-refractivity contribution in [3.05, 3.63) is 327 Å². The number of halogens is 3. The molecule has 12 aromatic rings. The zero-order valence-corrected chi connectivity index (χ0v) is 58.9. The van der Waals surface area contributed by atoms with Crippen LogP contribution in [0.2, 0.25) is 5.04 Å². The van der Waals surface area contributed by atoms with Gasteiger partial charge in [-0.1, -0.05) is 0 Å². The normalized spacial score (nSPS) is 13.7. The molecule has 0 bridgehead atoms. The van der Waals surface area contributed by atoms with Gasteiger partial charge in [0.2, 0.25) is 0 Å². The first-order valence-electron chi connectivity index (χ1n) is 31.4. The fourth-order valence-electron chi connectivity index (χ4n) is 15.6. The van der Waals surface area contributed by atoms with E-state index in [2.05, 4.69) is 363 Å². The van der Waals surface area contributed by atoms with Gasteiger partial charge >= 0.3 is 545 Å². The van der Waals surface area contributed by atoms with E-state index in [1.807, 2.05) is 0 Å². The summed E-state index contributed by atoms with van der Waals surface area (Å²) >= 11 is 2.54. The van der Waals surface area contributed by atoms with Crippen molar-refractivity contribution in [3.63, 3.8) is 0 Å². The molecule has 1 aliphatic carbocycles. The minimum absolute atomic E-state index is 0. The number of rotatable bonds is 13. The summed E-state index contributed by atoms with van der Waals surface area (Å²) in [6.07, 6.45) is 0. The average Bonchev–Trinajstić information content (AvgIpc) is 1.02. The van der Waals surface area contributed by atoms with E-state index < -0.39 is 13.1 Å². The summed E-state index contributed by atoms with van der Waals surface area (Å²) in [5.74, 6) is 0. The molecule has 0 spiro atoms. The van der Waals surface area contributed by atoms with Crippen LogP contribution in [-0.2, 0) is 20.4 Å². The molecule has 1 unspecified atom stereocenters. The van der Waals surface area contributed by atoms with Gasteiger partial charge in [0.05, 0.1) is 0 Å². The van der Waals surface area contributed by atoms with Crippen molar-refractivity contribution in [3.8, 4) is 100 Å². The minimum atomic E-state index is -4.46. The maximum absolute atomic E-state index is 4.46. The summed E-state index contributed by atoms with van der Waals surface area (Å²) in [6.45, 7) is 24.7. The Labute approximate surface area is 578 Å².